The van der Waals surface area contributed by atoms with Crippen LogP contribution in [0.2, 0.25) is 0 Å². The first-order chi connectivity index (χ1) is 11.6. The van der Waals surface area contributed by atoms with Gasteiger partial charge in [-0.3, -0.25) is 4.99 Å². The van der Waals surface area contributed by atoms with Gasteiger partial charge in [0.1, 0.15) is 5.75 Å². The second-order valence-corrected chi connectivity index (χ2v) is 6.82. The first-order valence-corrected chi connectivity index (χ1v) is 8.76. The Hall–Kier alpha value is -1.02. The molecule has 142 valence electrons. The predicted octanol–water partition coefficient (Wildman–Crippen LogP) is 3.18. The van der Waals surface area contributed by atoms with Crippen LogP contribution in [0.4, 0.5) is 0 Å². The van der Waals surface area contributed by atoms with Crippen molar-refractivity contribution in [3.8, 4) is 5.75 Å². The normalized spacial score (nSPS) is 16.9. The van der Waals surface area contributed by atoms with Gasteiger partial charge in [0.2, 0.25) is 0 Å². The third-order valence-electron chi connectivity index (χ3n) is 4.65. The summed E-state index contributed by atoms with van der Waals surface area (Å²) in [5.41, 5.74) is 1.40. The van der Waals surface area contributed by atoms with Gasteiger partial charge in [-0.2, -0.15) is 0 Å². The minimum absolute atomic E-state index is 0. The van der Waals surface area contributed by atoms with Crippen LogP contribution in [0.15, 0.2) is 29.3 Å². The molecule has 1 aromatic rings. The molecule has 1 aliphatic heterocycles. The molecule has 0 bridgehead atoms. The van der Waals surface area contributed by atoms with E-state index in [4.69, 9.17) is 9.47 Å². The van der Waals surface area contributed by atoms with Crippen LogP contribution < -0.4 is 15.4 Å². The van der Waals surface area contributed by atoms with Crippen LogP contribution in [0.25, 0.3) is 0 Å². The fourth-order valence-electron chi connectivity index (χ4n) is 3.05. The molecule has 0 aromatic heterocycles. The highest BCUT2D eigenvalue weighted by Gasteiger charge is 2.34. The van der Waals surface area contributed by atoms with Crippen LogP contribution in [0.5, 0.6) is 5.75 Å². The molecule has 0 unspecified atom stereocenters. The summed E-state index contributed by atoms with van der Waals surface area (Å²) in [6.45, 7) is 7.74. The standard InChI is InChI=1S/C19H31N3O2.HI/c1-15(2)13-21-18(20-3)22-14-19(9-11-24-12-10-19)16-5-7-17(23-4)8-6-16;/h5-8,15H,9-14H2,1-4H3,(H2,20,21,22);1H. The first-order valence-electron chi connectivity index (χ1n) is 8.76. The van der Waals surface area contributed by atoms with Gasteiger partial charge in [0.25, 0.3) is 0 Å². The molecule has 1 fully saturated rings. The van der Waals surface area contributed by atoms with E-state index in [9.17, 15) is 0 Å². The monoisotopic (exact) mass is 461 g/mol. The molecule has 0 saturated carbocycles. The van der Waals surface area contributed by atoms with Crippen LogP contribution >= 0.6 is 24.0 Å². The van der Waals surface area contributed by atoms with Crippen LogP contribution in [0.3, 0.4) is 0 Å². The summed E-state index contributed by atoms with van der Waals surface area (Å²) in [6, 6.07) is 8.43. The first kappa shape index (κ1) is 22.0. The van der Waals surface area contributed by atoms with Gasteiger partial charge in [0.05, 0.1) is 7.11 Å². The molecule has 0 amide bonds. The summed E-state index contributed by atoms with van der Waals surface area (Å²) >= 11 is 0. The van der Waals surface area contributed by atoms with E-state index < -0.39 is 0 Å². The van der Waals surface area contributed by atoms with E-state index in [0.717, 1.165) is 50.9 Å². The van der Waals surface area contributed by atoms with Gasteiger partial charge >= 0.3 is 0 Å². The zero-order valence-electron chi connectivity index (χ0n) is 15.8. The number of nitrogens with one attached hydrogen (secondary N) is 2. The molecule has 1 saturated heterocycles. The van der Waals surface area contributed by atoms with Crippen molar-refractivity contribution < 1.29 is 9.47 Å². The maximum Gasteiger partial charge on any atom is 0.191 e. The highest BCUT2D eigenvalue weighted by molar-refractivity contribution is 14.0. The number of nitrogens with zero attached hydrogens (tertiary/aromatic N) is 1. The molecule has 0 aliphatic carbocycles. The Labute approximate surface area is 169 Å². The van der Waals surface area contributed by atoms with E-state index in [-0.39, 0.29) is 29.4 Å². The van der Waals surface area contributed by atoms with Crippen molar-refractivity contribution in [2.24, 2.45) is 10.9 Å². The molecule has 2 rings (SSSR count). The SMILES string of the molecule is CN=C(NCC(C)C)NCC1(c2ccc(OC)cc2)CCOCC1.I. The van der Waals surface area contributed by atoms with Gasteiger partial charge in [0.15, 0.2) is 5.96 Å². The Morgan fingerprint density at radius 2 is 1.84 bits per heavy atom. The van der Waals surface area contributed by atoms with Gasteiger partial charge in [-0.1, -0.05) is 26.0 Å². The zero-order valence-corrected chi connectivity index (χ0v) is 18.1. The largest absolute Gasteiger partial charge is 0.497 e. The lowest BCUT2D eigenvalue weighted by atomic mass is 9.74. The smallest absolute Gasteiger partial charge is 0.191 e. The maximum atomic E-state index is 5.60. The number of benzene rings is 1. The number of hydrogen-bond donors (Lipinski definition) is 2. The topological polar surface area (TPSA) is 54.9 Å². The highest BCUT2D eigenvalue weighted by atomic mass is 127. The highest BCUT2D eigenvalue weighted by Crippen LogP contribution is 2.35. The Bertz CT molecular complexity index is 526. The molecule has 1 heterocycles. The second kappa shape index (κ2) is 10.9. The summed E-state index contributed by atoms with van der Waals surface area (Å²) < 4.78 is 10.9. The Balaban J connectivity index is 0.00000312. The third-order valence-corrected chi connectivity index (χ3v) is 4.65. The van der Waals surface area contributed by atoms with Crippen molar-refractivity contribution in [1.82, 2.24) is 10.6 Å². The average molecular weight is 461 g/mol. The van der Waals surface area contributed by atoms with E-state index in [1.807, 2.05) is 19.2 Å². The molecule has 5 nitrogen and oxygen atoms in total. The molecule has 6 heteroatoms. The van der Waals surface area contributed by atoms with Gasteiger partial charge in [-0.15, -0.1) is 24.0 Å². The van der Waals surface area contributed by atoms with Gasteiger partial charge < -0.3 is 20.1 Å². The molecule has 25 heavy (non-hydrogen) atoms. The third kappa shape index (κ3) is 6.33. The number of halogens is 1. The molecular formula is C19H32IN3O2. The predicted molar refractivity (Wildman–Crippen MR) is 114 cm³/mol. The quantitative estimate of drug-likeness (QED) is 0.388. The number of ether oxygens (including phenoxy) is 2. The minimum Gasteiger partial charge on any atom is -0.497 e. The molecule has 0 radical (unpaired) electrons. The van der Waals surface area contributed by atoms with Gasteiger partial charge in [-0.05, 0) is 36.5 Å². The van der Waals surface area contributed by atoms with Gasteiger partial charge in [-0.25, -0.2) is 0 Å². The molecular weight excluding hydrogens is 429 g/mol. The van der Waals surface area contributed by atoms with E-state index >= 15 is 0 Å². The average Bonchev–Trinajstić information content (AvgIpc) is 2.62. The van der Waals surface area contributed by atoms with Crippen molar-refractivity contribution in [3.05, 3.63) is 29.8 Å². The van der Waals surface area contributed by atoms with Crippen LogP contribution in [0.1, 0.15) is 32.3 Å². The van der Waals surface area contributed by atoms with Crippen molar-refractivity contribution in [1.29, 1.82) is 0 Å². The fraction of sp³-hybridized carbons (Fsp3) is 0.632. The van der Waals surface area contributed by atoms with Crippen molar-refractivity contribution in [2.75, 3.05) is 40.5 Å². The van der Waals surface area contributed by atoms with Crippen molar-refractivity contribution in [2.45, 2.75) is 32.1 Å². The lowest BCUT2D eigenvalue weighted by Gasteiger charge is -2.38. The Morgan fingerprint density at radius 3 is 2.36 bits per heavy atom. The fourth-order valence-corrected chi connectivity index (χ4v) is 3.05. The van der Waals surface area contributed by atoms with Gasteiger partial charge in [0, 0.05) is 38.8 Å². The van der Waals surface area contributed by atoms with E-state index in [1.54, 1.807) is 7.11 Å². The van der Waals surface area contributed by atoms with Crippen LogP contribution in [-0.4, -0.2) is 46.4 Å². The van der Waals surface area contributed by atoms with E-state index in [2.05, 4.69) is 41.6 Å². The number of guanidine groups is 1. The molecule has 2 N–H and O–H groups in total. The minimum atomic E-state index is 0. The lowest BCUT2D eigenvalue weighted by Crippen LogP contribution is -2.48. The molecule has 0 atom stereocenters. The lowest BCUT2D eigenvalue weighted by molar-refractivity contribution is 0.0513. The number of aliphatic imine (C=N–C) groups is 1. The maximum absolute atomic E-state index is 5.60. The number of methoxy groups -OCH3 is 1. The van der Waals surface area contributed by atoms with E-state index in [1.165, 1.54) is 5.56 Å². The summed E-state index contributed by atoms with van der Waals surface area (Å²) in [7, 11) is 3.52. The van der Waals surface area contributed by atoms with E-state index in [0.29, 0.717) is 5.92 Å². The zero-order chi connectivity index (χ0) is 17.4. The van der Waals surface area contributed by atoms with Crippen molar-refractivity contribution >= 4 is 29.9 Å². The van der Waals surface area contributed by atoms with Crippen LogP contribution in [0, 0.1) is 5.92 Å². The van der Waals surface area contributed by atoms with Crippen molar-refractivity contribution in [3.63, 3.8) is 0 Å². The Kier molecular flexibility index (Phi) is 9.56. The molecule has 1 aromatic carbocycles. The molecule has 1 aliphatic rings. The summed E-state index contributed by atoms with van der Waals surface area (Å²) in [5.74, 6) is 2.34. The second-order valence-electron chi connectivity index (χ2n) is 6.82. The summed E-state index contributed by atoms with van der Waals surface area (Å²) in [4.78, 5) is 4.34. The number of hydrogen-bond acceptors (Lipinski definition) is 3. The summed E-state index contributed by atoms with van der Waals surface area (Å²) in [6.07, 6.45) is 2.01. The molecule has 0 spiro atoms. The Morgan fingerprint density at radius 1 is 1.20 bits per heavy atom. The number of rotatable bonds is 6. The summed E-state index contributed by atoms with van der Waals surface area (Å²) in [5, 5.41) is 6.90. The van der Waals surface area contributed by atoms with Crippen LogP contribution in [-0.2, 0) is 10.2 Å².